The van der Waals surface area contributed by atoms with Crippen molar-refractivity contribution in [1.29, 1.82) is 0 Å². The Morgan fingerprint density at radius 2 is 1.74 bits per heavy atom. The van der Waals surface area contributed by atoms with Crippen molar-refractivity contribution in [2.75, 3.05) is 11.5 Å². The Morgan fingerprint density at radius 1 is 0.971 bits per heavy atom. The molecule has 1 saturated heterocycles. The average molecular weight is 465 g/mol. The van der Waals surface area contributed by atoms with E-state index >= 15 is 0 Å². The van der Waals surface area contributed by atoms with Gasteiger partial charge in [0.25, 0.3) is 11.7 Å². The van der Waals surface area contributed by atoms with Gasteiger partial charge in [0.05, 0.1) is 23.9 Å². The number of hydrogen-bond acceptors (Lipinski definition) is 5. The van der Waals surface area contributed by atoms with Crippen LogP contribution in [-0.4, -0.2) is 28.4 Å². The number of fused-ring (bicyclic) bond motifs is 1. The van der Waals surface area contributed by atoms with Gasteiger partial charge in [-0.2, -0.15) is 0 Å². The van der Waals surface area contributed by atoms with Gasteiger partial charge in [0.2, 0.25) is 0 Å². The first kappa shape index (κ1) is 22.3. The summed E-state index contributed by atoms with van der Waals surface area (Å²) < 4.78 is 5.62. The van der Waals surface area contributed by atoms with Gasteiger partial charge >= 0.3 is 0 Å². The van der Waals surface area contributed by atoms with E-state index in [9.17, 15) is 14.7 Å². The minimum atomic E-state index is -0.828. The number of nitrogens with zero attached hydrogens (tertiary/aromatic N) is 2. The van der Waals surface area contributed by atoms with Gasteiger partial charge in [-0.25, -0.2) is 0 Å². The Balaban J connectivity index is 1.68. The number of aliphatic hydroxyl groups excluding tert-OH is 1. The molecule has 0 aliphatic carbocycles. The maximum atomic E-state index is 13.4. The van der Waals surface area contributed by atoms with Gasteiger partial charge in [-0.3, -0.25) is 19.5 Å². The zero-order chi connectivity index (χ0) is 24.4. The number of carbonyl (C=O) groups is 2. The number of pyridine rings is 1. The van der Waals surface area contributed by atoms with E-state index in [0.29, 0.717) is 29.2 Å². The third kappa shape index (κ3) is 4.04. The molecule has 1 fully saturated rings. The molecule has 35 heavy (non-hydrogen) atoms. The van der Waals surface area contributed by atoms with Crippen molar-refractivity contribution in [3.8, 4) is 5.75 Å². The summed E-state index contributed by atoms with van der Waals surface area (Å²) in [5.41, 5.74) is 1.68. The Hall–Kier alpha value is -4.45. The Bertz CT molecular complexity index is 1420. The van der Waals surface area contributed by atoms with Crippen LogP contribution in [0.25, 0.3) is 16.5 Å². The van der Waals surface area contributed by atoms with Crippen LogP contribution in [0.3, 0.4) is 0 Å². The van der Waals surface area contributed by atoms with E-state index in [0.717, 1.165) is 17.2 Å². The number of benzene rings is 3. The summed E-state index contributed by atoms with van der Waals surface area (Å²) in [5.74, 6) is -0.999. The molecular formula is C29H24N2O4. The molecule has 0 spiro atoms. The fourth-order valence-electron chi connectivity index (χ4n) is 4.44. The number of amides is 1. The maximum Gasteiger partial charge on any atom is 0.300 e. The highest BCUT2D eigenvalue weighted by Crippen LogP contribution is 2.44. The quantitative estimate of drug-likeness (QED) is 0.227. The second kappa shape index (κ2) is 9.43. The minimum Gasteiger partial charge on any atom is -0.507 e. The molecule has 4 aromatic rings. The fraction of sp³-hybridized carbons (Fsp3) is 0.138. The maximum absolute atomic E-state index is 13.4. The van der Waals surface area contributed by atoms with Crippen LogP contribution in [0.1, 0.15) is 30.5 Å². The van der Waals surface area contributed by atoms with E-state index in [2.05, 4.69) is 4.98 Å². The van der Waals surface area contributed by atoms with Gasteiger partial charge in [0.1, 0.15) is 11.5 Å². The van der Waals surface area contributed by atoms with E-state index in [1.165, 1.54) is 4.90 Å². The molecule has 0 saturated carbocycles. The van der Waals surface area contributed by atoms with Crippen LogP contribution in [0.2, 0.25) is 0 Å². The van der Waals surface area contributed by atoms with Gasteiger partial charge in [-0.05, 0) is 53.8 Å². The van der Waals surface area contributed by atoms with Gasteiger partial charge in [0.15, 0.2) is 0 Å². The van der Waals surface area contributed by atoms with Crippen molar-refractivity contribution >= 4 is 33.9 Å². The van der Waals surface area contributed by atoms with Gasteiger partial charge in [-0.15, -0.1) is 0 Å². The van der Waals surface area contributed by atoms with Crippen molar-refractivity contribution in [3.05, 3.63) is 108 Å². The first-order chi connectivity index (χ1) is 17.1. The van der Waals surface area contributed by atoms with E-state index in [1.807, 2.05) is 49.4 Å². The summed E-state index contributed by atoms with van der Waals surface area (Å²) in [6.45, 7) is 2.61. The first-order valence-corrected chi connectivity index (χ1v) is 11.5. The van der Waals surface area contributed by atoms with Gasteiger partial charge in [0, 0.05) is 23.3 Å². The van der Waals surface area contributed by atoms with Crippen LogP contribution in [0.4, 0.5) is 5.69 Å². The third-order valence-electron chi connectivity index (χ3n) is 6.07. The minimum absolute atomic E-state index is 0.0261. The molecule has 1 amide bonds. The van der Waals surface area contributed by atoms with E-state index in [1.54, 1.807) is 48.8 Å². The van der Waals surface area contributed by atoms with Crippen LogP contribution in [0, 0.1) is 0 Å². The van der Waals surface area contributed by atoms with Crippen molar-refractivity contribution in [3.63, 3.8) is 0 Å². The van der Waals surface area contributed by atoms with Crippen LogP contribution in [0.15, 0.2) is 96.8 Å². The molecule has 1 aliphatic rings. The predicted molar refractivity (Wildman–Crippen MR) is 135 cm³/mol. The molecule has 6 heteroatoms. The van der Waals surface area contributed by atoms with Gasteiger partial charge in [-0.1, -0.05) is 49.4 Å². The molecule has 1 unspecified atom stereocenters. The topological polar surface area (TPSA) is 79.7 Å². The van der Waals surface area contributed by atoms with Crippen molar-refractivity contribution in [2.45, 2.75) is 19.4 Å². The van der Waals surface area contributed by atoms with Crippen molar-refractivity contribution in [1.82, 2.24) is 4.98 Å². The monoisotopic (exact) mass is 464 g/mol. The van der Waals surface area contributed by atoms with Crippen LogP contribution >= 0.6 is 0 Å². The molecule has 2 heterocycles. The van der Waals surface area contributed by atoms with E-state index in [-0.39, 0.29) is 11.3 Å². The number of ether oxygens (including phenoxy) is 1. The number of rotatable bonds is 6. The molecular weight excluding hydrogens is 440 g/mol. The molecule has 0 radical (unpaired) electrons. The molecule has 5 rings (SSSR count). The third-order valence-corrected chi connectivity index (χ3v) is 6.07. The summed E-state index contributed by atoms with van der Waals surface area (Å²) in [6.07, 6.45) is 4.12. The molecule has 0 bridgehead atoms. The molecule has 174 valence electrons. The SMILES string of the molecule is CCCOc1ccc(/C(O)=C2\C(=O)C(=O)N(c3cccc4ccccc34)C2c2cccnc2)cc1. The Morgan fingerprint density at radius 3 is 2.49 bits per heavy atom. The Labute approximate surface area is 203 Å². The number of hydrogen-bond donors (Lipinski definition) is 1. The fourth-order valence-corrected chi connectivity index (χ4v) is 4.44. The number of Topliss-reactive ketones (excluding diaryl/α,β-unsaturated/α-hetero) is 1. The number of ketones is 1. The number of anilines is 1. The zero-order valence-electron chi connectivity index (χ0n) is 19.2. The van der Waals surface area contributed by atoms with Crippen LogP contribution in [0.5, 0.6) is 5.75 Å². The van der Waals surface area contributed by atoms with Crippen molar-refractivity contribution < 1.29 is 19.4 Å². The first-order valence-electron chi connectivity index (χ1n) is 11.5. The lowest BCUT2D eigenvalue weighted by Crippen LogP contribution is -2.29. The molecule has 6 nitrogen and oxygen atoms in total. The largest absolute Gasteiger partial charge is 0.507 e. The normalized spacial score (nSPS) is 17.2. The lowest BCUT2D eigenvalue weighted by Gasteiger charge is -2.26. The number of aliphatic hydroxyl groups is 1. The lowest BCUT2D eigenvalue weighted by atomic mass is 9.96. The highest BCUT2D eigenvalue weighted by Gasteiger charge is 2.47. The van der Waals surface area contributed by atoms with Gasteiger partial charge < -0.3 is 9.84 Å². The summed E-state index contributed by atoms with van der Waals surface area (Å²) in [4.78, 5) is 32.5. The summed E-state index contributed by atoms with van der Waals surface area (Å²) in [7, 11) is 0. The molecule has 1 aliphatic heterocycles. The van der Waals surface area contributed by atoms with E-state index in [4.69, 9.17) is 4.74 Å². The molecule has 1 atom stereocenters. The van der Waals surface area contributed by atoms with Crippen molar-refractivity contribution in [2.24, 2.45) is 0 Å². The summed E-state index contributed by atoms with van der Waals surface area (Å²) in [5, 5.41) is 13.1. The standard InChI is InChI=1S/C29H24N2O4/c1-2-17-35-22-14-12-20(13-15-22)27(32)25-26(21-9-6-16-30-18-21)31(29(34)28(25)33)24-11-5-8-19-7-3-4-10-23(19)24/h3-16,18,26,32H,2,17H2,1H3/b27-25+. The zero-order valence-corrected chi connectivity index (χ0v) is 19.2. The Kier molecular flexibility index (Phi) is 6.02. The summed E-state index contributed by atoms with van der Waals surface area (Å²) in [6, 6.07) is 22.9. The lowest BCUT2D eigenvalue weighted by molar-refractivity contribution is -0.132. The smallest absolute Gasteiger partial charge is 0.300 e. The predicted octanol–water partition coefficient (Wildman–Crippen LogP) is 5.65. The number of aromatic nitrogens is 1. The highest BCUT2D eigenvalue weighted by molar-refractivity contribution is 6.52. The number of carbonyl (C=O) groups excluding carboxylic acids is 2. The molecule has 3 aromatic carbocycles. The van der Waals surface area contributed by atoms with Crippen LogP contribution < -0.4 is 9.64 Å². The van der Waals surface area contributed by atoms with E-state index < -0.39 is 17.7 Å². The molecule has 1 aromatic heterocycles. The summed E-state index contributed by atoms with van der Waals surface area (Å²) >= 11 is 0. The average Bonchev–Trinajstić information content (AvgIpc) is 3.17. The van der Waals surface area contributed by atoms with Crippen LogP contribution in [-0.2, 0) is 9.59 Å². The highest BCUT2D eigenvalue weighted by atomic mass is 16.5. The second-order valence-corrected chi connectivity index (χ2v) is 8.33. The second-order valence-electron chi connectivity index (χ2n) is 8.33. The molecule has 1 N–H and O–H groups in total.